The molecule has 0 aliphatic carbocycles. The maximum absolute atomic E-state index is 9.48. The maximum Gasteiger partial charge on any atom is 0.130 e. The average Bonchev–Trinajstić information content (AvgIpc) is 2.56. The van der Waals surface area contributed by atoms with E-state index in [4.69, 9.17) is 21.1 Å². The zero-order valence-corrected chi connectivity index (χ0v) is 13.9. The molecule has 23 heavy (non-hydrogen) atoms. The van der Waals surface area contributed by atoms with Gasteiger partial charge in [-0.05, 0) is 38.1 Å². The number of hydrogen-bond acceptors (Lipinski definition) is 3. The molecule has 0 amide bonds. The largest absolute Gasteiger partial charge is 0.494 e. The second-order valence-electron chi connectivity index (χ2n) is 4.72. The lowest BCUT2D eigenvalue weighted by molar-refractivity contribution is 0.322. The highest BCUT2D eigenvalue weighted by molar-refractivity contribution is 6.32. The summed E-state index contributed by atoms with van der Waals surface area (Å²) in [6.45, 7) is 4.97. The minimum atomic E-state index is 0.487. The van der Waals surface area contributed by atoms with E-state index in [0.29, 0.717) is 35.1 Å². The zero-order chi connectivity index (χ0) is 16.7. The van der Waals surface area contributed by atoms with E-state index in [1.807, 2.05) is 50.2 Å². The van der Waals surface area contributed by atoms with Gasteiger partial charge in [0.25, 0.3) is 0 Å². The van der Waals surface area contributed by atoms with E-state index in [1.165, 1.54) is 0 Å². The van der Waals surface area contributed by atoms with Gasteiger partial charge in [0.15, 0.2) is 0 Å². The van der Waals surface area contributed by atoms with Crippen LogP contribution in [0.2, 0.25) is 5.02 Å². The van der Waals surface area contributed by atoms with Crippen molar-refractivity contribution in [1.29, 1.82) is 5.26 Å². The van der Waals surface area contributed by atoms with Crippen LogP contribution in [0.15, 0.2) is 42.5 Å². The van der Waals surface area contributed by atoms with Gasteiger partial charge in [-0.1, -0.05) is 29.8 Å². The Hall–Kier alpha value is -2.44. The van der Waals surface area contributed by atoms with Gasteiger partial charge in [-0.25, -0.2) is 0 Å². The molecule has 0 aliphatic heterocycles. The molecule has 0 bridgehead atoms. The Morgan fingerprint density at radius 2 is 1.87 bits per heavy atom. The van der Waals surface area contributed by atoms with Crippen molar-refractivity contribution in [2.45, 2.75) is 13.8 Å². The molecular weight excluding hydrogens is 310 g/mol. The molecule has 0 N–H and O–H groups in total. The Morgan fingerprint density at radius 3 is 2.52 bits per heavy atom. The number of rotatable bonds is 6. The van der Waals surface area contributed by atoms with Crippen molar-refractivity contribution in [3.8, 4) is 17.6 Å². The van der Waals surface area contributed by atoms with E-state index < -0.39 is 0 Å². The number of hydrogen-bond donors (Lipinski definition) is 0. The highest BCUT2D eigenvalue weighted by Gasteiger charge is 2.09. The van der Waals surface area contributed by atoms with Gasteiger partial charge in [-0.15, -0.1) is 0 Å². The molecule has 0 unspecified atom stereocenters. The summed E-state index contributed by atoms with van der Waals surface area (Å²) < 4.78 is 11.2. The lowest BCUT2D eigenvalue weighted by Gasteiger charge is -2.11. The molecular formula is C19H18ClNO2. The number of nitrogens with zero attached hydrogens (tertiary/aromatic N) is 1. The van der Waals surface area contributed by atoms with Crippen molar-refractivity contribution in [2.75, 3.05) is 13.2 Å². The van der Waals surface area contributed by atoms with E-state index in [-0.39, 0.29) is 0 Å². The number of halogens is 1. The summed E-state index contributed by atoms with van der Waals surface area (Å²) in [6.07, 6.45) is 1.78. The second-order valence-corrected chi connectivity index (χ2v) is 5.12. The Balaban J connectivity index is 2.47. The SMILES string of the molecule is CCOc1ccc(C=C(C#N)c2ccccc2Cl)c(OCC)c1. The standard InChI is InChI=1S/C19H18ClNO2/c1-3-22-16-10-9-14(19(12-16)23-4-2)11-15(13-21)17-7-5-6-8-18(17)20/h5-12H,3-4H2,1-2H3. The van der Waals surface area contributed by atoms with Crippen LogP contribution < -0.4 is 9.47 Å². The first-order valence-electron chi connectivity index (χ1n) is 7.46. The summed E-state index contributed by atoms with van der Waals surface area (Å²) in [7, 11) is 0. The molecule has 0 aliphatic rings. The van der Waals surface area contributed by atoms with E-state index in [0.717, 1.165) is 11.3 Å². The van der Waals surface area contributed by atoms with Crippen molar-refractivity contribution in [3.63, 3.8) is 0 Å². The van der Waals surface area contributed by atoms with Crippen LogP contribution in [0.1, 0.15) is 25.0 Å². The highest BCUT2D eigenvalue weighted by atomic mass is 35.5. The number of ether oxygens (including phenoxy) is 2. The summed E-state index contributed by atoms with van der Waals surface area (Å²) >= 11 is 6.19. The number of allylic oxidation sites excluding steroid dienone is 1. The monoisotopic (exact) mass is 327 g/mol. The lowest BCUT2D eigenvalue weighted by atomic mass is 10.0. The first kappa shape index (κ1) is 16.9. The summed E-state index contributed by atoms with van der Waals surface area (Å²) in [4.78, 5) is 0. The van der Waals surface area contributed by atoms with E-state index in [2.05, 4.69) is 6.07 Å². The number of benzene rings is 2. The topological polar surface area (TPSA) is 42.2 Å². The summed E-state index contributed by atoms with van der Waals surface area (Å²) in [5.41, 5.74) is 2.00. The fraction of sp³-hybridized carbons (Fsp3) is 0.211. The summed E-state index contributed by atoms with van der Waals surface area (Å²) in [5, 5.41) is 10.0. The maximum atomic E-state index is 9.48. The molecule has 0 heterocycles. The van der Waals surface area contributed by atoms with Crippen LogP contribution in [0, 0.1) is 11.3 Å². The minimum absolute atomic E-state index is 0.487. The fourth-order valence-electron chi connectivity index (χ4n) is 2.18. The van der Waals surface area contributed by atoms with Gasteiger partial charge in [0, 0.05) is 22.2 Å². The highest BCUT2D eigenvalue weighted by Crippen LogP contribution is 2.30. The number of nitriles is 1. The summed E-state index contributed by atoms with van der Waals surface area (Å²) in [6, 6.07) is 15.1. The van der Waals surface area contributed by atoms with Crippen LogP contribution >= 0.6 is 11.6 Å². The molecule has 118 valence electrons. The van der Waals surface area contributed by atoms with Crippen LogP contribution in [-0.4, -0.2) is 13.2 Å². The molecule has 4 heteroatoms. The molecule has 0 fully saturated rings. The first-order chi connectivity index (χ1) is 11.2. The third-order valence-corrected chi connectivity index (χ3v) is 3.51. The molecule has 2 aromatic carbocycles. The smallest absolute Gasteiger partial charge is 0.130 e. The molecule has 0 saturated heterocycles. The molecule has 0 spiro atoms. The predicted octanol–water partition coefficient (Wildman–Crippen LogP) is 5.20. The second kappa shape index (κ2) is 8.26. The molecule has 0 radical (unpaired) electrons. The van der Waals surface area contributed by atoms with Gasteiger partial charge < -0.3 is 9.47 Å². The van der Waals surface area contributed by atoms with Crippen LogP contribution in [0.5, 0.6) is 11.5 Å². The van der Waals surface area contributed by atoms with Crippen molar-refractivity contribution < 1.29 is 9.47 Å². The van der Waals surface area contributed by atoms with Gasteiger partial charge in [0.05, 0.1) is 24.9 Å². The van der Waals surface area contributed by atoms with Crippen molar-refractivity contribution in [1.82, 2.24) is 0 Å². The van der Waals surface area contributed by atoms with Gasteiger partial charge in [0.2, 0.25) is 0 Å². The molecule has 2 aromatic rings. The Bertz CT molecular complexity index is 747. The van der Waals surface area contributed by atoms with Gasteiger partial charge in [-0.2, -0.15) is 5.26 Å². The van der Waals surface area contributed by atoms with Crippen molar-refractivity contribution in [2.24, 2.45) is 0 Å². The first-order valence-corrected chi connectivity index (χ1v) is 7.83. The lowest BCUT2D eigenvalue weighted by Crippen LogP contribution is -1.97. The van der Waals surface area contributed by atoms with Crippen molar-refractivity contribution in [3.05, 3.63) is 58.6 Å². The van der Waals surface area contributed by atoms with Gasteiger partial charge in [-0.3, -0.25) is 0 Å². The molecule has 0 saturated carbocycles. The molecule has 2 rings (SSSR count). The van der Waals surface area contributed by atoms with Crippen LogP contribution in [0.25, 0.3) is 11.6 Å². The third-order valence-electron chi connectivity index (χ3n) is 3.18. The quantitative estimate of drug-likeness (QED) is 0.541. The van der Waals surface area contributed by atoms with E-state index in [9.17, 15) is 5.26 Å². The Kier molecular flexibility index (Phi) is 6.08. The molecule has 0 aromatic heterocycles. The Morgan fingerprint density at radius 1 is 1.13 bits per heavy atom. The minimum Gasteiger partial charge on any atom is -0.494 e. The average molecular weight is 328 g/mol. The van der Waals surface area contributed by atoms with Crippen LogP contribution in [0.4, 0.5) is 0 Å². The van der Waals surface area contributed by atoms with E-state index >= 15 is 0 Å². The Labute approximate surface area is 141 Å². The zero-order valence-electron chi connectivity index (χ0n) is 13.2. The third kappa shape index (κ3) is 4.28. The summed E-state index contributed by atoms with van der Waals surface area (Å²) in [5.74, 6) is 1.42. The van der Waals surface area contributed by atoms with E-state index in [1.54, 1.807) is 12.1 Å². The van der Waals surface area contributed by atoms with Gasteiger partial charge >= 0.3 is 0 Å². The fourth-order valence-corrected chi connectivity index (χ4v) is 2.41. The van der Waals surface area contributed by atoms with Gasteiger partial charge in [0.1, 0.15) is 11.5 Å². The normalized spacial score (nSPS) is 11.0. The predicted molar refractivity (Wildman–Crippen MR) is 93.7 cm³/mol. The van der Waals surface area contributed by atoms with Crippen LogP contribution in [-0.2, 0) is 0 Å². The molecule has 3 nitrogen and oxygen atoms in total. The molecule has 0 atom stereocenters. The van der Waals surface area contributed by atoms with Crippen molar-refractivity contribution >= 4 is 23.3 Å². The van der Waals surface area contributed by atoms with Crippen LogP contribution in [0.3, 0.4) is 0 Å².